The minimum atomic E-state index is -1.13. The molecule has 2 heterocycles. The molecule has 0 unspecified atom stereocenters. The van der Waals surface area contributed by atoms with E-state index in [0.717, 1.165) is 27.7 Å². The van der Waals surface area contributed by atoms with Gasteiger partial charge in [-0.25, -0.2) is 4.79 Å². The van der Waals surface area contributed by atoms with E-state index in [1.165, 1.54) is 0 Å². The summed E-state index contributed by atoms with van der Waals surface area (Å²) < 4.78 is 17.0. The zero-order valence-electron chi connectivity index (χ0n) is 15.1. The summed E-state index contributed by atoms with van der Waals surface area (Å²) in [6, 6.07) is 15.0. The normalized spacial score (nSPS) is 19.2. The quantitative estimate of drug-likeness (QED) is 0.673. The molecule has 4 rings (SSSR count). The van der Waals surface area contributed by atoms with Gasteiger partial charge in [-0.1, -0.05) is 42.5 Å². The highest BCUT2D eigenvalue weighted by Gasteiger charge is 2.30. The molecule has 6 heteroatoms. The number of ether oxygens (including phenoxy) is 2. The lowest BCUT2D eigenvalue weighted by molar-refractivity contribution is -0.159. The lowest BCUT2D eigenvalue weighted by Gasteiger charge is -2.28. The number of aliphatic carboxylic acids is 1. The monoisotopic (exact) mass is 380 g/mol. The van der Waals surface area contributed by atoms with Gasteiger partial charge in [-0.15, -0.1) is 0 Å². The Labute approximate surface area is 161 Å². The number of carboxylic acids is 1. The van der Waals surface area contributed by atoms with Crippen molar-refractivity contribution in [3.63, 3.8) is 0 Å². The van der Waals surface area contributed by atoms with E-state index in [-0.39, 0.29) is 24.9 Å². The number of hydrogen-bond acceptors (Lipinski definition) is 5. The maximum absolute atomic E-state index is 11.5. The summed E-state index contributed by atoms with van der Waals surface area (Å²) >= 11 is 0. The summed E-state index contributed by atoms with van der Waals surface area (Å²) in [5.74, 6) is -1.44. The molecule has 28 heavy (non-hydrogen) atoms. The second kappa shape index (κ2) is 7.88. The molecular formula is C22H20O6. The van der Waals surface area contributed by atoms with Crippen molar-refractivity contribution in [3.8, 4) is 0 Å². The third-order valence-corrected chi connectivity index (χ3v) is 4.82. The number of rotatable bonds is 6. The number of carboxylic acid groups (broad SMARTS) is 1. The summed E-state index contributed by atoms with van der Waals surface area (Å²) in [5, 5.41) is 19.5. The predicted molar refractivity (Wildman–Crippen MR) is 101 cm³/mol. The molecule has 6 nitrogen and oxygen atoms in total. The van der Waals surface area contributed by atoms with Crippen molar-refractivity contribution in [3.05, 3.63) is 83.3 Å². The highest BCUT2D eigenvalue weighted by Crippen LogP contribution is 2.36. The van der Waals surface area contributed by atoms with Crippen LogP contribution in [-0.4, -0.2) is 22.5 Å². The van der Waals surface area contributed by atoms with Crippen molar-refractivity contribution in [2.24, 2.45) is 0 Å². The van der Waals surface area contributed by atoms with E-state index >= 15 is 0 Å². The van der Waals surface area contributed by atoms with Gasteiger partial charge in [-0.2, -0.15) is 0 Å². The van der Waals surface area contributed by atoms with Gasteiger partial charge in [-0.05, 0) is 23.3 Å². The van der Waals surface area contributed by atoms with Gasteiger partial charge in [0.15, 0.2) is 0 Å². The molecule has 2 N–H and O–H groups in total. The summed E-state index contributed by atoms with van der Waals surface area (Å²) in [6.45, 7) is 0.266. The average molecular weight is 380 g/mol. The number of fused-ring (bicyclic) bond motifs is 1. The Morgan fingerprint density at radius 1 is 1.11 bits per heavy atom. The molecule has 0 spiro atoms. The second-order valence-corrected chi connectivity index (χ2v) is 6.70. The number of aliphatic hydroxyl groups excluding tert-OH is 1. The Bertz CT molecular complexity index is 1000. The first-order valence-corrected chi connectivity index (χ1v) is 9.02. The Morgan fingerprint density at radius 2 is 1.86 bits per heavy atom. The van der Waals surface area contributed by atoms with E-state index in [2.05, 4.69) is 0 Å². The molecule has 144 valence electrons. The molecule has 0 bridgehead atoms. The van der Waals surface area contributed by atoms with E-state index in [1.807, 2.05) is 48.5 Å². The number of aliphatic hydroxyl groups is 1. The summed E-state index contributed by atoms with van der Waals surface area (Å²) in [5.41, 5.74) is 3.41. The van der Waals surface area contributed by atoms with Gasteiger partial charge >= 0.3 is 5.97 Å². The highest BCUT2D eigenvalue weighted by atomic mass is 16.7. The Hall–Kier alpha value is -3.09. The first-order chi connectivity index (χ1) is 13.6. The second-order valence-electron chi connectivity index (χ2n) is 6.70. The molecule has 3 aromatic rings. The van der Waals surface area contributed by atoms with Crippen molar-refractivity contribution in [2.45, 2.75) is 31.8 Å². The topological polar surface area (TPSA) is 89.1 Å². The SMILES string of the molecule is O=C(O)C1=C[C@H](c2coc3ccccc23)C[C@H](OCc2ccc(CO)cc2)O1. The standard InChI is InChI=1S/C22H20O6/c23-11-14-5-7-15(8-6-14)12-27-21-10-16(9-20(28-21)22(24)25)18-13-26-19-4-2-1-3-17(18)19/h1-9,13,16,21,23H,10-12H2,(H,24,25)/t16-,21+/m0/s1. The van der Waals surface area contributed by atoms with Crippen LogP contribution in [0.25, 0.3) is 11.0 Å². The lowest BCUT2D eigenvalue weighted by Crippen LogP contribution is -2.26. The van der Waals surface area contributed by atoms with Crippen LogP contribution in [0.3, 0.4) is 0 Å². The van der Waals surface area contributed by atoms with Gasteiger partial charge in [0.25, 0.3) is 0 Å². The number of furan rings is 1. The van der Waals surface area contributed by atoms with Gasteiger partial charge in [0.2, 0.25) is 12.0 Å². The van der Waals surface area contributed by atoms with E-state index in [9.17, 15) is 9.90 Å². The molecule has 2 atom stereocenters. The fourth-order valence-corrected chi connectivity index (χ4v) is 3.34. The van der Waals surface area contributed by atoms with Crippen LogP contribution in [0.5, 0.6) is 0 Å². The molecule has 1 aliphatic rings. The molecule has 0 aliphatic carbocycles. The first kappa shape index (κ1) is 18.3. The lowest BCUT2D eigenvalue weighted by atomic mass is 9.92. The molecule has 0 fully saturated rings. The third kappa shape index (κ3) is 3.78. The molecule has 2 aromatic carbocycles. The van der Waals surface area contributed by atoms with Crippen molar-refractivity contribution in [1.29, 1.82) is 0 Å². The fraction of sp³-hybridized carbons (Fsp3) is 0.227. The van der Waals surface area contributed by atoms with E-state index in [4.69, 9.17) is 19.0 Å². The van der Waals surface area contributed by atoms with Crippen LogP contribution in [0.4, 0.5) is 0 Å². The number of hydrogen-bond donors (Lipinski definition) is 2. The molecule has 0 radical (unpaired) electrons. The highest BCUT2D eigenvalue weighted by molar-refractivity contribution is 5.86. The van der Waals surface area contributed by atoms with Crippen LogP contribution < -0.4 is 0 Å². The maximum Gasteiger partial charge on any atom is 0.370 e. The average Bonchev–Trinajstić information content (AvgIpc) is 3.16. The van der Waals surface area contributed by atoms with Crippen molar-refractivity contribution >= 4 is 16.9 Å². The van der Waals surface area contributed by atoms with Gasteiger partial charge in [-0.3, -0.25) is 0 Å². The minimum absolute atomic E-state index is 0.0139. The molecule has 0 saturated carbocycles. The summed E-state index contributed by atoms with van der Waals surface area (Å²) in [7, 11) is 0. The van der Waals surface area contributed by atoms with Crippen LogP contribution in [-0.2, 0) is 27.5 Å². The van der Waals surface area contributed by atoms with Crippen LogP contribution in [0, 0.1) is 0 Å². The molecule has 0 amide bonds. The molecule has 0 saturated heterocycles. The molecule has 1 aliphatic heterocycles. The Morgan fingerprint density at radius 3 is 2.61 bits per heavy atom. The van der Waals surface area contributed by atoms with Gasteiger partial charge in [0, 0.05) is 23.3 Å². The Balaban J connectivity index is 1.53. The maximum atomic E-state index is 11.5. The molecule has 1 aromatic heterocycles. The zero-order chi connectivity index (χ0) is 19.5. The van der Waals surface area contributed by atoms with Crippen LogP contribution in [0.1, 0.15) is 29.0 Å². The van der Waals surface area contributed by atoms with E-state index < -0.39 is 12.3 Å². The zero-order valence-corrected chi connectivity index (χ0v) is 15.1. The predicted octanol–water partition coefficient (Wildman–Crippen LogP) is 3.94. The van der Waals surface area contributed by atoms with Crippen LogP contribution in [0.15, 0.2) is 71.0 Å². The largest absolute Gasteiger partial charge is 0.475 e. The number of carbonyl (C=O) groups is 1. The Kier molecular flexibility index (Phi) is 5.14. The fourth-order valence-electron chi connectivity index (χ4n) is 3.34. The van der Waals surface area contributed by atoms with Crippen molar-refractivity contribution < 1.29 is 28.9 Å². The van der Waals surface area contributed by atoms with Crippen LogP contribution in [0.2, 0.25) is 0 Å². The van der Waals surface area contributed by atoms with Gasteiger partial charge < -0.3 is 24.1 Å². The van der Waals surface area contributed by atoms with Gasteiger partial charge in [0.05, 0.1) is 19.5 Å². The van der Waals surface area contributed by atoms with Crippen LogP contribution >= 0.6 is 0 Å². The summed E-state index contributed by atoms with van der Waals surface area (Å²) in [6.07, 6.45) is 3.07. The number of para-hydroxylation sites is 1. The first-order valence-electron chi connectivity index (χ1n) is 9.02. The smallest absolute Gasteiger partial charge is 0.370 e. The summed E-state index contributed by atoms with van der Waals surface area (Å²) in [4.78, 5) is 11.5. The molecular weight excluding hydrogens is 360 g/mol. The van der Waals surface area contributed by atoms with Gasteiger partial charge in [0.1, 0.15) is 5.58 Å². The van der Waals surface area contributed by atoms with E-state index in [1.54, 1.807) is 12.3 Å². The number of allylic oxidation sites excluding steroid dienone is 1. The number of benzene rings is 2. The van der Waals surface area contributed by atoms with Crippen molar-refractivity contribution in [2.75, 3.05) is 0 Å². The van der Waals surface area contributed by atoms with Crippen molar-refractivity contribution in [1.82, 2.24) is 0 Å². The third-order valence-electron chi connectivity index (χ3n) is 4.82. The van der Waals surface area contributed by atoms with E-state index in [0.29, 0.717) is 6.42 Å². The minimum Gasteiger partial charge on any atom is -0.475 e.